The normalized spacial score (nSPS) is 12.0. The zero-order chi connectivity index (χ0) is 13.2. The van der Waals surface area contributed by atoms with Crippen molar-refractivity contribution in [2.75, 3.05) is 21.1 Å². The number of nitrogens with two attached hydrogens (primary N) is 3. The third-order valence-corrected chi connectivity index (χ3v) is 1.96. The van der Waals surface area contributed by atoms with Gasteiger partial charge in [-0.15, -0.1) is 0 Å². The highest BCUT2D eigenvalue weighted by atomic mass is 16.1. The van der Waals surface area contributed by atoms with Gasteiger partial charge in [-0.2, -0.15) is 0 Å². The molecular formula is C12H29N3O. The van der Waals surface area contributed by atoms with E-state index in [4.69, 9.17) is 0 Å². The molecule has 0 unspecified atom stereocenters. The van der Waals surface area contributed by atoms with Crippen LogP contribution < -0.4 is 17.2 Å². The first-order valence-electron chi connectivity index (χ1n) is 5.78. The highest BCUT2D eigenvalue weighted by Gasteiger charge is 2.04. The maximum Gasteiger partial charge on any atom is 0.120 e. The maximum atomic E-state index is 9.95. The smallest absolute Gasteiger partial charge is 0.120 e. The molecule has 0 aromatic carbocycles. The lowest BCUT2D eigenvalue weighted by Gasteiger charge is -1.91. The Morgan fingerprint density at radius 2 is 1.38 bits per heavy atom. The van der Waals surface area contributed by atoms with E-state index in [1.165, 1.54) is 46.8 Å². The molecule has 1 saturated carbocycles. The Balaban J connectivity index is -0.000000245. The summed E-state index contributed by atoms with van der Waals surface area (Å²) in [5.41, 5.74) is 15.1. The first-order chi connectivity index (χ1) is 7.93. The number of hydrogen-bond donors (Lipinski definition) is 3. The first kappa shape index (κ1) is 20.7. The Morgan fingerprint density at radius 3 is 1.75 bits per heavy atom. The van der Waals surface area contributed by atoms with Crippen molar-refractivity contribution in [3.63, 3.8) is 0 Å². The van der Waals surface area contributed by atoms with Crippen LogP contribution in [-0.4, -0.2) is 27.4 Å². The monoisotopic (exact) mass is 231 g/mol. The van der Waals surface area contributed by atoms with E-state index >= 15 is 0 Å². The third-order valence-electron chi connectivity index (χ3n) is 1.96. The number of allylic oxidation sites excluding steroid dienone is 2. The second-order valence-corrected chi connectivity index (χ2v) is 2.81. The van der Waals surface area contributed by atoms with Crippen molar-refractivity contribution in [1.29, 1.82) is 0 Å². The Morgan fingerprint density at radius 1 is 0.938 bits per heavy atom. The van der Waals surface area contributed by atoms with Gasteiger partial charge in [-0.1, -0.05) is 11.6 Å². The van der Waals surface area contributed by atoms with E-state index < -0.39 is 0 Å². The fraction of sp³-hybridized carbons (Fsp3) is 0.750. The Labute approximate surface area is 100 Å². The zero-order valence-corrected chi connectivity index (χ0v) is 11.0. The van der Waals surface area contributed by atoms with Crippen molar-refractivity contribution >= 4 is 6.29 Å². The van der Waals surface area contributed by atoms with Crippen molar-refractivity contribution in [2.24, 2.45) is 17.2 Å². The summed E-state index contributed by atoms with van der Waals surface area (Å²) in [4.78, 5) is 9.95. The van der Waals surface area contributed by atoms with E-state index in [1.807, 2.05) is 0 Å². The molecule has 0 spiro atoms. The Kier molecular flexibility index (Phi) is 30.8. The summed E-state index contributed by atoms with van der Waals surface area (Å²) in [5.74, 6) is 0. The van der Waals surface area contributed by atoms with Crippen LogP contribution in [0.15, 0.2) is 11.6 Å². The van der Waals surface area contributed by atoms with E-state index in [2.05, 4.69) is 23.3 Å². The molecular weight excluding hydrogens is 202 g/mol. The number of carbonyl (C=O) groups excluding carboxylic acids is 1. The molecule has 0 aromatic heterocycles. The molecule has 0 saturated heterocycles. The number of rotatable bonds is 3. The molecule has 0 bridgehead atoms. The van der Waals surface area contributed by atoms with Crippen LogP contribution in [0.2, 0.25) is 0 Å². The van der Waals surface area contributed by atoms with Crippen molar-refractivity contribution < 1.29 is 4.79 Å². The van der Waals surface area contributed by atoms with Gasteiger partial charge >= 0.3 is 0 Å². The molecule has 4 heteroatoms. The van der Waals surface area contributed by atoms with Crippen molar-refractivity contribution in [3.8, 4) is 0 Å². The Hall–Kier alpha value is -0.710. The predicted molar refractivity (Wildman–Crippen MR) is 72.2 cm³/mol. The minimum Gasteiger partial charge on any atom is -0.333 e. The predicted octanol–water partition coefficient (Wildman–Crippen LogP) is 1.19. The summed E-state index contributed by atoms with van der Waals surface area (Å²) in [5, 5.41) is 0. The zero-order valence-electron chi connectivity index (χ0n) is 11.0. The quantitative estimate of drug-likeness (QED) is 0.386. The second-order valence-electron chi connectivity index (χ2n) is 2.81. The number of aldehydes is 1. The fourth-order valence-electron chi connectivity index (χ4n) is 1.39. The van der Waals surface area contributed by atoms with Gasteiger partial charge in [-0.05, 0) is 53.2 Å². The van der Waals surface area contributed by atoms with E-state index in [9.17, 15) is 4.79 Å². The van der Waals surface area contributed by atoms with Gasteiger partial charge in [0.15, 0.2) is 0 Å². The van der Waals surface area contributed by atoms with Crippen LogP contribution in [0.1, 0.15) is 38.5 Å². The number of hydrogen-bond acceptors (Lipinski definition) is 4. The lowest BCUT2D eigenvalue weighted by Crippen LogP contribution is -1.75. The lowest BCUT2D eigenvalue weighted by molar-refractivity contribution is -0.107. The van der Waals surface area contributed by atoms with Crippen molar-refractivity contribution in [2.45, 2.75) is 38.5 Å². The minimum absolute atomic E-state index is 0.698. The minimum atomic E-state index is 0.698. The summed E-state index contributed by atoms with van der Waals surface area (Å²) in [6.45, 7) is 0. The number of carbonyl (C=O) groups is 1. The molecule has 1 fully saturated rings. The van der Waals surface area contributed by atoms with Gasteiger partial charge in [0.25, 0.3) is 0 Å². The first-order valence-corrected chi connectivity index (χ1v) is 5.78. The van der Waals surface area contributed by atoms with Gasteiger partial charge in [0, 0.05) is 6.42 Å². The van der Waals surface area contributed by atoms with Crippen LogP contribution >= 0.6 is 0 Å². The summed E-state index contributed by atoms with van der Waals surface area (Å²) in [6, 6.07) is 0. The molecule has 0 atom stereocenters. The molecule has 0 aromatic rings. The third kappa shape index (κ3) is 15.7. The average molecular weight is 231 g/mol. The molecule has 1 aliphatic carbocycles. The summed E-state index contributed by atoms with van der Waals surface area (Å²) < 4.78 is 0. The molecule has 1 rings (SSSR count). The van der Waals surface area contributed by atoms with Crippen LogP contribution in [0.3, 0.4) is 0 Å². The van der Waals surface area contributed by atoms with Crippen LogP contribution in [0.25, 0.3) is 0 Å². The van der Waals surface area contributed by atoms with Crippen LogP contribution in [0.5, 0.6) is 0 Å². The van der Waals surface area contributed by atoms with Gasteiger partial charge in [-0.3, -0.25) is 0 Å². The standard InChI is InChI=1S/C9H14O.3CH5N/c10-8-4-3-7-9-5-1-2-6-9;3*1-2/h7-8H,1-6H2;3*2H2,1H3. The van der Waals surface area contributed by atoms with Gasteiger partial charge in [0.2, 0.25) is 0 Å². The average Bonchev–Trinajstić information content (AvgIpc) is 2.90. The molecule has 1 aliphatic rings. The largest absolute Gasteiger partial charge is 0.333 e. The van der Waals surface area contributed by atoms with Gasteiger partial charge in [-0.25, -0.2) is 0 Å². The lowest BCUT2D eigenvalue weighted by atomic mass is 10.2. The van der Waals surface area contributed by atoms with Crippen LogP contribution in [0, 0.1) is 0 Å². The fourth-order valence-corrected chi connectivity index (χ4v) is 1.39. The Bertz CT molecular complexity index is 139. The maximum absolute atomic E-state index is 9.95. The van der Waals surface area contributed by atoms with E-state index in [0.29, 0.717) is 6.42 Å². The van der Waals surface area contributed by atoms with Gasteiger partial charge in [0.05, 0.1) is 0 Å². The van der Waals surface area contributed by atoms with Gasteiger partial charge in [0.1, 0.15) is 6.29 Å². The molecule has 6 N–H and O–H groups in total. The summed E-state index contributed by atoms with van der Waals surface area (Å²) in [7, 11) is 4.50. The molecule has 0 amide bonds. The summed E-state index contributed by atoms with van der Waals surface area (Å²) >= 11 is 0. The molecule has 16 heavy (non-hydrogen) atoms. The van der Waals surface area contributed by atoms with Gasteiger partial charge < -0.3 is 22.0 Å². The SMILES string of the molecule is CN.CN.CN.O=CCCC=C1CCCC1. The highest BCUT2D eigenvalue weighted by molar-refractivity contribution is 5.49. The molecule has 4 nitrogen and oxygen atoms in total. The van der Waals surface area contributed by atoms with E-state index in [-0.39, 0.29) is 0 Å². The molecule has 98 valence electrons. The topological polar surface area (TPSA) is 95.1 Å². The van der Waals surface area contributed by atoms with Crippen LogP contribution in [-0.2, 0) is 4.79 Å². The molecule has 0 heterocycles. The van der Waals surface area contributed by atoms with Crippen LogP contribution in [0.4, 0.5) is 0 Å². The second kappa shape index (κ2) is 23.8. The molecule has 0 radical (unpaired) electrons. The van der Waals surface area contributed by atoms with E-state index in [1.54, 1.807) is 5.57 Å². The summed E-state index contributed by atoms with van der Waals surface area (Å²) in [6.07, 6.45) is 10.1. The highest BCUT2D eigenvalue weighted by Crippen LogP contribution is 2.23. The van der Waals surface area contributed by atoms with E-state index in [0.717, 1.165) is 12.7 Å². The van der Waals surface area contributed by atoms with Crippen molar-refractivity contribution in [3.05, 3.63) is 11.6 Å². The van der Waals surface area contributed by atoms with Crippen molar-refractivity contribution in [1.82, 2.24) is 0 Å². The number of unbranched alkanes of at least 4 members (excludes halogenated alkanes) is 1. The molecule has 0 aliphatic heterocycles.